The summed E-state index contributed by atoms with van der Waals surface area (Å²) in [6.45, 7) is 13.1. The van der Waals surface area contributed by atoms with Crippen molar-refractivity contribution >= 4 is 57.8 Å². The Bertz CT molecular complexity index is 1610. The van der Waals surface area contributed by atoms with Crippen LogP contribution in [0.2, 0.25) is 10.0 Å². The summed E-state index contributed by atoms with van der Waals surface area (Å²) in [4.78, 5) is 32.6. The standard InChI is InChI=1S/C36H45Cl2N7O3/c1-5-36(46)42-29-19-30(33(47-4)20-32(29)44-15-10-26(11-16-44)43-13-8-24(9-14-43)23(2)3)41-34-21-35(40-22-39-34)45-31(12-17-48-45)25-6-7-27(37)28(38)18-25/h5-7,18-24,26,31H,1,8-17H2,2-4H3,(H,42,46)(H,39,40,41)/t31-/m1/s1. The van der Waals surface area contributed by atoms with Gasteiger partial charge in [0.2, 0.25) is 5.91 Å². The van der Waals surface area contributed by atoms with Crippen molar-refractivity contribution < 1.29 is 14.4 Å². The van der Waals surface area contributed by atoms with Gasteiger partial charge >= 0.3 is 0 Å². The molecule has 3 aliphatic rings. The molecule has 3 aliphatic heterocycles. The second-order valence-corrected chi connectivity index (χ2v) is 13.9. The van der Waals surface area contributed by atoms with Crippen molar-refractivity contribution in [2.45, 2.75) is 58.0 Å². The first-order chi connectivity index (χ1) is 23.2. The molecule has 1 atom stereocenters. The summed E-state index contributed by atoms with van der Waals surface area (Å²) in [5, 5.41) is 9.18. The van der Waals surface area contributed by atoms with Crippen LogP contribution in [-0.4, -0.2) is 66.7 Å². The third kappa shape index (κ3) is 7.67. The zero-order chi connectivity index (χ0) is 33.8. The number of hydrogen-bond acceptors (Lipinski definition) is 9. The van der Waals surface area contributed by atoms with Crippen molar-refractivity contribution in [1.29, 1.82) is 0 Å². The fraction of sp³-hybridized carbons (Fsp3) is 0.472. The SMILES string of the molecule is C=CC(=O)Nc1cc(Nc2cc(N3OCC[C@@H]3c3ccc(Cl)c(Cl)c3)ncn2)c(OC)cc1N1CCC(N2CCC(C(C)C)CC2)CC1. The number of anilines is 5. The van der Waals surface area contributed by atoms with E-state index in [-0.39, 0.29) is 11.9 Å². The van der Waals surface area contributed by atoms with Gasteiger partial charge in [-0.1, -0.05) is 49.7 Å². The maximum atomic E-state index is 12.6. The number of hydrogen-bond donors (Lipinski definition) is 2. The van der Waals surface area contributed by atoms with Crippen molar-refractivity contribution in [3.8, 4) is 5.75 Å². The van der Waals surface area contributed by atoms with Crippen LogP contribution in [0.3, 0.4) is 0 Å². The van der Waals surface area contributed by atoms with E-state index in [9.17, 15) is 4.79 Å². The Morgan fingerprint density at radius 1 is 1.00 bits per heavy atom. The minimum atomic E-state index is -0.279. The fourth-order valence-electron chi connectivity index (χ4n) is 7.20. The number of halogens is 2. The van der Waals surface area contributed by atoms with E-state index < -0.39 is 0 Å². The predicted octanol–water partition coefficient (Wildman–Crippen LogP) is 7.88. The second-order valence-electron chi connectivity index (χ2n) is 13.1. The Balaban J connectivity index is 1.20. The van der Waals surface area contributed by atoms with E-state index in [0.717, 1.165) is 55.4 Å². The van der Waals surface area contributed by atoms with E-state index in [1.165, 1.54) is 38.3 Å². The molecule has 4 heterocycles. The number of benzene rings is 2. The van der Waals surface area contributed by atoms with Crippen LogP contribution in [0.15, 0.2) is 55.4 Å². The molecule has 0 spiro atoms. The summed E-state index contributed by atoms with van der Waals surface area (Å²) in [6.07, 6.45) is 8.27. The van der Waals surface area contributed by atoms with Gasteiger partial charge < -0.3 is 25.2 Å². The molecule has 12 heteroatoms. The number of piperidine rings is 2. The number of likely N-dealkylation sites (tertiary alicyclic amines) is 1. The molecule has 10 nitrogen and oxygen atoms in total. The number of nitrogens with zero attached hydrogens (tertiary/aromatic N) is 5. The third-order valence-corrected chi connectivity index (χ3v) is 10.7. The highest BCUT2D eigenvalue weighted by Gasteiger charge is 2.31. The van der Waals surface area contributed by atoms with E-state index in [0.29, 0.717) is 51.5 Å². The Morgan fingerprint density at radius 3 is 2.46 bits per heavy atom. The quantitative estimate of drug-likeness (QED) is 0.206. The number of aromatic nitrogens is 2. The van der Waals surface area contributed by atoms with Crippen LogP contribution >= 0.6 is 23.2 Å². The maximum absolute atomic E-state index is 12.6. The van der Waals surface area contributed by atoms with Gasteiger partial charge in [0, 0.05) is 37.7 Å². The molecule has 1 amide bonds. The lowest BCUT2D eigenvalue weighted by molar-refractivity contribution is -0.111. The fourth-order valence-corrected chi connectivity index (χ4v) is 7.50. The summed E-state index contributed by atoms with van der Waals surface area (Å²) in [5.41, 5.74) is 3.23. The van der Waals surface area contributed by atoms with Crippen molar-refractivity contribution in [1.82, 2.24) is 14.9 Å². The van der Waals surface area contributed by atoms with Gasteiger partial charge in [0.05, 0.1) is 46.9 Å². The van der Waals surface area contributed by atoms with E-state index >= 15 is 0 Å². The van der Waals surface area contributed by atoms with Gasteiger partial charge in [-0.05, 0) is 80.4 Å². The predicted molar refractivity (Wildman–Crippen MR) is 194 cm³/mol. The first-order valence-corrected chi connectivity index (χ1v) is 17.6. The lowest BCUT2D eigenvalue weighted by Crippen LogP contribution is -2.48. The number of hydroxylamine groups is 1. The van der Waals surface area contributed by atoms with Crippen LogP contribution in [0, 0.1) is 11.8 Å². The highest BCUT2D eigenvalue weighted by atomic mass is 35.5. The van der Waals surface area contributed by atoms with Crippen molar-refractivity contribution in [3.63, 3.8) is 0 Å². The number of methoxy groups -OCH3 is 1. The first kappa shape index (κ1) is 34.3. The number of carbonyl (C=O) groups excluding carboxylic acids is 1. The smallest absolute Gasteiger partial charge is 0.247 e. The molecule has 0 bridgehead atoms. The van der Waals surface area contributed by atoms with E-state index in [4.69, 9.17) is 32.8 Å². The van der Waals surface area contributed by atoms with E-state index in [1.54, 1.807) is 18.2 Å². The van der Waals surface area contributed by atoms with E-state index in [1.807, 2.05) is 30.3 Å². The molecular formula is C36H45Cl2N7O3. The lowest BCUT2D eigenvalue weighted by Gasteiger charge is -2.43. The molecule has 3 saturated heterocycles. The highest BCUT2D eigenvalue weighted by molar-refractivity contribution is 6.42. The van der Waals surface area contributed by atoms with Crippen molar-refractivity contribution in [2.24, 2.45) is 11.8 Å². The molecule has 3 fully saturated rings. The van der Waals surface area contributed by atoms with Gasteiger partial charge in [-0.2, -0.15) is 0 Å². The van der Waals surface area contributed by atoms with E-state index in [2.05, 4.69) is 50.8 Å². The zero-order valence-electron chi connectivity index (χ0n) is 27.9. The van der Waals surface area contributed by atoms with Crippen LogP contribution in [0.25, 0.3) is 0 Å². The Hall–Kier alpha value is -3.57. The monoisotopic (exact) mass is 693 g/mol. The summed E-state index contributed by atoms with van der Waals surface area (Å²) in [5.74, 6) is 3.08. The molecule has 2 N–H and O–H groups in total. The molecule has 0 aliphatic carbocycles. The number of carbonyl (C=O) groups is 1. The summed E-state index contributed by atoms with van der Waals surface area (Å²) in [6, 6.07) is 11.8. The summed E-state index contributed by atoms with van der Waals surface area (Å²) >= 11 is 12.5. The Kier molecular flexibility index (Phi) is 10.9. The van der Waals surface area contributed by atoms with Crippen molar-refractivity contribution in [2.75, 3.05) is 60.5 Å². The van der Waals surface area contributed by atoms with Gasteiger partial charge in [-0.15, -0.1) is 0 Å². The van der Waals surface area contributed by atoms with Crippen LogP contribution in [0.4, 0.5) is 28.7 Å². The van der Waals surface area contributed by atoms with Gasteiger partial charge in [-0.25, -0.2) is 15.0 Å². The lowest BCUT2D eigenvalue weighted by atomic mass is 9.85. The van der Waals surface area contributed by atoms with Crippen LogP contribution < -0.4 is 25.3 Å². The molecule has 0 saturated carbocycles. The molecule has 0 radical (unpaired) electrons. The summed E-state index contributed by atoms with van der Waals surface area (Å²) in [7, 11) is 1.64. The van der Waals surface area contributed by atoms with Crippen LogP contribution in [-0.2, 0) is 9.63 Å². The third-order valence-electron chi connectivity index (χ3n) is 9.97. The zero-order valence-corrected chi connectivity index (χ0v) is 29.4. The van der Waals surface area contributed by atoms with Gasteiger partial charge in [-0.3, -0.25) is 9.63 Å². The second kappa shape index (κ2) is 15.3. The largest absolute Gasteiger partial charge is 0.494 e. The molecule has 3 aromatic rings. The molecule has 48 heavy (non-hydrogen) atoms. The number of amides is 1. The van der Waals surface area contributed by atoms with Gasteiger partial charge in [0.25, 0.3) is 0 Å². The number of ether oxygens (including phenoxy) is 1. The first-order valence-electron chi connectivity index (χ1n) is 16.8. The molecular weight excluding hydrogens is 649 g/mol. The molecule has 6 rings (SSSR count). The average molecular weight is 695 g/mol. The van der Waals surface area contributed by atoms with Gasteiger partial charge in [0.15, 0.2) is 5.82 Å². The number of nitrogens with one attached hydrogen (secondary N) is 2. The number of rotatable bonds is 10. The molecule has 1 aromatic heterocycles. The molecule has 2 aromatic carbocycles. The topological polar surface area (TPSA) is 95.1 Å². The summed E-state index contributed by atoms with van der Waals surface area (Å²) < 4.78 is 5.87. The molecule has 256 valence electrons. The minimum Gasteiger partial charge on any atom is -0.494 e. The van der Waals surface area contributed by atoms with Crippen LogP contribution in [0.5, 0.6) is 5.75 Å². The molecule has 0 unspecified atom stereocenters. The maximum Gasteiger partial charge on any atom is 0.247 e. The highest BCUT2D eigenvalue weighted by Crippen LogP contribution is 2.41. The Labute approximate surface area is 293 Å². The minimum absolute atomic E-state index is 0.0898. The van der Waals surface area contributed by atoms with Crippen molar-refractivity contribution in [3.05, 3.63) is 71.0 Å². The van der Waals surface area contributed by atoms with Crippen LogP contribution in [0.1, 0.15) is 57.6 Å². The van der Waals surface area contributed by atoms with Gasteiger partial charge in [0.1, 0.15) is 17.9 Å². The normalized spacial score (nSPS) is 19.5. The Morgan fingerprint density at radius 2 is 1.77 bits per heavy atom. The average Bonchev–Trinajstić information content (AvgIpc) is 3.60.